The summed E-state index contributed by atoms with van der Waals surface area (Å²) in [5.74, 6) is 0. The maximum Gasteiger partial charge on any atom is 0.258 e. The smallest absolute Gasteiger partial charge is 0.258 e. The van der Waals surface area contributed by atoms with Crippen molar-refractivity contribution in [1.82, 2.24) is 24.3 Å². The third-order valence-electron chi connectivity index (χ3n) is 4.03. The van der Waals surface area contributed by atoms with Crippen molar-refractivity contribution in [2.24, 2.45) is 14.1 Å². The van der Waals surface area contributed by atoms with Gasteiger partial charge in [-0.2, -0.15) is 10.2 Å². The van der Waals surface area contributed by atoms with Crippen molar-refractivity contribution >= 4 is 10.0 Å². The molecule has 0 unspecified atom stereocenters. The van der Waals surface area contributed by atoms with E-state index >= 15 is 0 Å². The molecule has 1 fully saturated rings. The lowest BCUT2D eigenvalue weighted by atomic mass is 10.0. The van der Waals surface area contributed by atoms with Crippen LogP contribution in [0, 0.1) is 6.92 Å². The Hall–Kier alpha value is -1.71. The summed E-state index contributed by atoms with van der Waals surface area (Å²) in [7, 11) is -0.185. The van der Waals surface area contributed by atoms with E-state index in [4.69, 9.17) is 4.74 Å². The molecule has 0 radical (unpaired) electrons. The summed E-state index contributed by atoms with van der Waals surface area (Å²) in [6, 6.07) is 1.16. The number of ether oxygens (including phenoxy) is 1. The summed E-state index contributed by atoms with van der Waals surface area (Å²) in [5, 5.41) is 8.25. The maximum atomic E-state index is 12.5. The molecule has 2 aromatic rings. The van der Waals surface area contributed by atoms with Gasteiger partial charge < -0.3 is 4.74 Å². The molecule has 3 heterocycles. The van der Waals surface area contributed by atoms with Crippen molar-refractivity contribution in [3.05, 3.63) is 29.7 Å². The number of sulfonamides is 1. The first-order valence-corrected chi connectivity index (χ1v) is 8.49. The predicted octanol–water partition coefficient (Wildman–Crippen LogP) is 0.271. The Balaban J connectivity index is 1.86. The molecule has 0 spiro atoms. The van der Waals surface area contributed by atoms with E-state index in [2.05, 4.69) is 14.9 Å². The van der Waals surface area contributed by atoms with Crippen LogP contribution in [-0.4, -0.2) is 40.6 Å². The fraction of sp³-hybridized carbons (Fsp3) is 0.538. The van der Waals surface area contributed by atoms with Gasteiger partial charge in [0, 0.05) is 32.0 Å². The van der Waals surface area contributed by atoms with Gasteiger partial charge >= 0.3 is 0 Å². The highest BCUT2D eigenvalue weighted by molar-refractivity contribution is 7.89. The number of hydrogen-bond donors (Lipinski definition) is 1. The monoisotopic (exact) mass is 325 g/mol. The lowest BCUT2D eigenvalue weighted by molar-refractivity contribution is 0.102. The van der Waals surface area contributed by atoms with Crippen molar-refractivity contribution in [1.29, 1.82) is 0 Å². The van der Waals surface area contributed by atoms with E-state index in [1.807, 2.05) is 14.0 Å². The van der Waals surface area contributed by atoms with E-state index in [9.17, 15) is 8.42 Å². The first kappa shape index (κ1) is 15.2. The lowest BCUT2D eigenvalue weighted by Gasteiger charge is -2.19. The standard InChI is InChI=1S/C13H19N5O3S/c1-9-10(8-15-17(9)2)13-11(5-7-21-13)16-22(19,20)12-4-6-14-18(12)3/h4,6,8,11,13,16H,5,7H2,1-3H3/t11-,13+/m0/s1. The number of aromatic nitrogens is 4. The predicted molar refractivity (Wildman–Crippen MR) is 78.6 cm³/mol. The van der Waals surface area contributed by atoms with Crippen molar-refractivity contribution in [3.8, 4) is 0 Å². The highest BCUT2D eigenvalue weighted by Gasteiger charge is 2.35. The van der Waals surface area contributed by atoms with Gasteiger partial charge in [0.2, 0.25) is 0 Å². The SMILES string of the molecule is Cc1c([C@H]2OCC[C@@H]2NS(=O)(=O)c2ccnn2C)cnn1C. The molecule has 0 bridgehead atoms. The fourth-order valence-electron chi connectivity index (χ4n) is 2.70. The van der Waals surface area contributed by atoms with Crippen LogP contribution < -0.4 is 4.72 Å². The zero-order valence-corrected chi connectivity index (χ0v) is 13.5. The average Bonchev–Trinajstić information content (AvgIpc) is 3.14. The summed E-state index contributed by atoms with van der Waals surface area (Å²) in [6.07, 6.45) is 3.49. The Morgan fingerprint density at radius 3 is 2.68 bits per heavy atom. The van der Waals surface area contributed by atoms with E-state index in [1.54, 1.807) is 17.9 Å². The van der Waals surface area contributed by atoms with Crippen LogP contribution in [0.5, 0.6) is 0 Å². The van der Waals surface area contributed by atoms with E-state index in [0.717, 1.165) is 11.3 Å². The number of rotatable bonds is 4. The second-order valence-corrected chi connectivity index (χ2v) is 7.07. The van der Waals surface area contributed by atoms with Gasteiger partial charge in [0.05, 0.1) is 18.4 Å². The van der Waals surface area contributed by atoms with Crippen molar-refractivity contribution in [3.63, 3.8) is 0 Å². The average molecular weight is 325 g/mol. The zero-order valence-electron chi connectivity index (χ0n) is 12.7. The van der Waals surface area contributed by atoms with Gasteiger partial charge in [-0.1, -0.05) is 0 Å². The maximum absolute atomic E-state index is 12.5. The van der Waals surface area contributed by atoms with E-state index in [-0.39, 0.29) is 17.2 Å². The lowest BCUT2D eigenvalue weighted by Crippen LogP contribution is -2.37. The molecule has 2 aromatic heterocycles. The van der Waals surface area contributed by atoms with Crippen molar-refractivity contribution in [2.75, 3.05) is 6.61 Å². The molecule has 120 valence electrons. The quantitative estimate of drug-likeness (QED) is 0.871. The van der Waals surface area contributed by atoms with Gasteiger partial charge in [-0.25, -0.2) is 13.1 Å². The molecule has 0 amide bonds. The first-order valence-electron chi connectivity index (χ1n) is 7.00. The van der Waals surface area contributed by atoms with Crippen molar-refractivity contribution in [2.45, 2.75) is 30.5 Å². The minimum Gasteiger partial charge on any atom is -0.372 e. The molecule has 0 saturated carbocycles. The summed E-state index contributed by atoms with van der Waals surface area (Å²) in [6.45, 7) is 2.45. The molecule has 0 aliphatic carbocycles. The molecule has 8 nitrogen and oxygen atoms in total. The van der Waals surface area contributed by atoms with Gasteiger partial charge in [0.1, 0.15) is 6.10 Å². The molecular weight excluding hydrogens is 306 g/mol. The highest BCUT2D eigenvalue weighted by Crippen LogP contribution is 2.31. The molecule has 9 heteroatoms. The molecule has 1 saturated heterocycles. The van der Waals surface area contributed by atoms with Crippen LogP contribution in [0.2, 0.25) is 0 Å². The number of nitrogens with one attached hydrogen (secondary N) is 1. The molecule has 1 aliphatic rings. The number of hydrogen-bond acceptors (Lipinski definition) is 5. The normalized spacial score (nSPS) is 22.3. The van der Waals surface area contributed by atoms with Crippen LogP contribution >= 0.6 is 0 Å². The van der Waals surface area contributed by atoms with Crippen LogP contribution in [0.4, 0.5) is 0 Å². The molecular formula is C13H19N5O3S. The highest BCUT2D eigenvalue weighted by atomic mass is 32.2. The number of aryl methyl sites for hydroxylation is 2. The topological polar surface area (TPSA) is 91.0 Å². The van der Waals surface area contributed by atoms with Crippen LogP contribution in [0.25, 0.3) is 0 Å². The summed E-state index contributed by atoms with van der Waals surface area (Å²) < 4.78 is 36.5. The third-order valence-corrected chi connectivity index (χ3v) is 5.59. The van der Waals surface area contributed by atoms with Gasteiger partial charge in [-0.05, 0) is 19.4 Å². The van der Waals surface area contributed by atoms with Crippen LogP contribution in [0.15, 0.2) is 23.5 Å². The van der Waals surface area contributed by atoms with E-state index in [1.165, 1.54) is 16.9 Å². The molecule has 2 atom stereocenters. The molecule has 0 aromatic carbocycles. The number of nitrogens with zero attached hydrogens (tertiary/aromatic N) is 4. The minimum atomic E-state index is -3.63. The van der Waals surface area contributed by atoms with Gasteiger partial charge in [-0.3, -0.25) is 9.36 Å². The van der Waals surface area contributed by atoms with Gasteiger partial charge in [0.25, 0.3) is 10.0 Å². The Bertz CT molecular complexity index is 779. The van der Waals surface area contributed by atoms with Crippen molar-refractivity contribution < 1.29 is 13.2 Å². The molecule has 1 aliphatic heterocycles. The fourth-order valence-corrected chi connectivity index (χ4v) is 4.09. The van der Waals surface area contributed by atoms with E-state index in [0.29, 0.717) is 13.0 Å². The van der Waals surface area contributed by atoms with E-state index < -0.39 is 10.0 Å². The van der Waals surface area contributed by atoms with Crippen LogP contribution in [-0.2, 0) is 28.9 Å². The third kappa shape index (κ3) is 2.55. The zero-order chi connectivity index (χ0) is 15.9. The van der Waals surface area contributed by atoms with Gasteiger partial charge in [-0.15, -0.1) is 0 Å². The molecule has 22 heavy (non-hydrogen) atoms. The Kier molecular flexibility index (Phi) is 3.79. The molecule has 3 rings (SSSR count). The largest absolute Gasteiger partial charge is 0.372 e. The first-order chi connectivity index (χ1) is 10.4. The van der Waals surface area contributed by atoms with Gasteiger partial charge in [0.15, 0.2) is 5.03 Å². The second kappa shape index (κ2) is 5.49. The van der Waals surface area contributed by atoms with Crippen LogP contribution in [0.3, 0.4) is 0 Å². The summed E-state index contributed by atoms with van der Waals surface area (Å²) in [5.41, 5.74) is 1.88. The Morgan fingerprint density at radius 2 is 2.09 bits per heavy atom. The summed E-state index contributed by atoms with van der Waals surface area (Å²) in [4.78, 5) is 0. The minimum absolute atomic E-state index is 0.140. The Labute approximate surface area is 129 Å². The van der Waals surface area contributed by atoms with Crippen LogP contribution in [0.1, 0.15) is 23.8 Å². The second-order valence-electron chi connectivity index (χ2n) is 5.41. The summed E-state index contributed by atoms with van der Waals surface area (Å²) >= 11 is 0. The Morgan fingerprint density at radius 1 is 1.32 bits per heavy atom. The molecule has 1 N–H and O–H groups in total.